The molecule has 0 aromatic heterocycles. The molecule has 2 amide bonds. The Hall–Kier alpha value is -3.20. The zero-order chi connectivity index (χ0) is 22.4. The monoisotopic (exact) mass is 457 g/mol. The molecule has 0 heterocycles. The molecule has 3 aromatic carbocycles. The van der Waals surface area contributed by atoms with Crippen molar-refractivity contribution in [1.82, 2.24) is 4.31 Å². The van der Waals surface area contributed by atoms with E-state index < -0.39 is 28.4 Å². The smallest absolute Gasteiger partial charge is 0.257 e. The molecule has 31 heavy (non-hydrogen) atoms. The van der Waals surface area contributed by atoms with Gasteiger partial charge in [-0.3, -0.25) is 9.59 Å². The van der Waals surface area contributed by atoms with Gasteiger partial charge in [0, 0.05) is 17.8 Å². The van der Waals surface area contributed by atoms with Gasteiger partial charge in [0.25, 0.3) is 5.91 Å². The fourth-order valence-corrected chi connectivity index (χ4v) is 4.05. The van der Waals surface area contributed by atoms with E-state index in [4.69, 9.17) is 11.6 Å². The number of para-hydroxylation sites is 1. The van der Waals surface area contributed by atoms with Gasteiger partial charge in [-0.2, -0.15) is 4.31 Å². The Morgan fingerprint density at radius 3 is 2.16 bits per heavy atom. The lowest BCUT2D eigenvalue weighted by atomic mass is 10.1. The highest BCUT2D eigenvalue weighted by Crippen LogP contribution is 2.19. The van der Waals surface area contributed by atoms with E-state index in [1.165, 1.54) is 19.2 Å². The van der Waals surface area contributed by atoms with Crippen LogP contribution >= 0.6 is 11.6 Å². The predicted molar refractivity (Wildman–Crippen MR) is 121 cm³/mol. The largest absolute Gasteiger partial charge is 0.324 e. The van der Waals surface area contributed by atoms with E-state index in [1.54, 1.807) is 66.7 Å². The van der Waals surface area contributed by atoms with Gasteiger partial charge in [-0.15, -0.1) is 0 Å². The van der Waals surface area contributed by atoms with E-state index in [1.807, 2.05) is 0 Å². The maximum absolute atomic E-state index is 12.7. The zero-order valence-corrected chi connectivity index (χ0v) is 18.2. The highest BCUT2D eigenvalue weighted by atomic mass is 35.5. The number of nitrogens with one attached hydrogen (secondary N) is 2. The van der Waals surface area contributed by atoms with Crippen molar-refractivity contribution >= 4 is 44.8 Å². The molecule has 0 aliphatic heterocycles. The average molecular weight is 458 g/mol. The summed E-state index contributed by atoms with van der Waals surface area (Å²) >= 11 is 5.85. The molecule has 3 aromatic rings. The number of rotatable bonds is 7. The zero-order valence-electron chi connectivity index (χ0n) is 16.6. The van der Waals surface area contributed by atoms with Crippen LogP contribution in [0.25, 0.3) is 0 Å². The molecule has 0 saturated heterocycles. The molecule has 0 spiro atoms. The normalized spacial score (nSPS) is 11.2. The molecule has 9 heteroatoms. The van der Waals surface area contributed by atoms with E-state index in [-0.39, 0.29) is 16.1 Å². The third kappa shape index (κ3) is 5.69. The van der Waals surface area contributed by atoms with Crippen molar-refractivity contribution in [3.8, 4) is 0 Å². The van der Waals surface area contributed by atoms with Gasteiger partial charge in [-0.25, -0.2) is 8.42 Å². The minimum atomic E-state index is -3.81. The standard InChI is InChI=1S/C22H20ClN3O4S/c1-26(31(29,30)18-7-3-2-4-8-18)15-21(27)25-20-10-6-5-9-19(20)22(28)24-17-13-11-16(23)12-14-17/h2-14H,15H2,1H3,(H,24,28)(H,25,27). The Balaban J connectivity index is 1.70. The molecule has 0 unspecified atom stereocenters. The van der Waals surface area contributed by atoms with E-state index in [0.717, 1.165) is 4.31 Å². The van der Waals surface area contributed by atoms with Crippen molar-refractivity contribution in [3.63, 3.8) is 0 Å². The second-order valence-corrected chi connectivity index (χ2v) is 9.11. The molecule has 0 aliphatic carbocycles. The van der Waals surface area contributed by atoms with E-state index in [0.29, 0.717) is 10.7 Å². The van der Waals surface area contributed by atoms with Gasteiger partial charge in [0.05, 0.1) is 22.7 Å². The topological polar surface area (TPSA) is 95.6 Å². The summed E-state index contributed by atoms with van der Waals surface area (Å²) in [7, 11) is -2.49. The van der Waals surface area contributed by atoms with Gasteiger partial charge in [-0.05, 0) is 48.5 Å². The Morgan fingerprint density at radius 1 is 0.871 bits per heavy atom. The number of anilines is 2. The lowest BCUT2D eigenvalue weighted by molar-refractivity contribution is -0.116. The van der Waals surface area contributed by atoms with Gasteiger partial charge >= 0.3 is 0 Å². The van der Waals surface area contributed by atoms with Crippen LogP contribution in [0.3, 0.4) is 0 Å². The number of nitrogens with zero attached hydrogens (tertiary/aromatic N) is 1. The summed E-state index contributed by atoms with van der Waals surface area (Å²) in [5, 5.41) is 5.89. The van der Waals surface area contributed by atoms with Crippen molar-refractivity contribution in [2.45, 2.75) is 4.90 Å². The molecule has 0 bridgehead atoms. The van der Waals surface area contributed by atoms with Crippen LogP contribution in [0.4, 0.5) is 11.4 Å². The number of carbonyl (C=O) groups is 2. The van der Waals surface area contributed by atoms with Gasteiger partial charge < -0.3 is 10.6 Å². The van der Waals surface area contributed by atoms with Crippen LogP contribution in [-0.4, -0.2) is 38.1 Å². The Labute approximate surface area is 185 Å². The minimum absolute atomic E-state index is 0.0908. The number of hydrogen-bond acceptors (Lipinski definition) is 4. The molecule has 0 aliphatic rings. The number of halogens is 1. The lowest BCUT2D eigenvalue weighted by Gasteiger charge is -2.17. The van der Waals surface area contributed by atoms with Crippen LogP contribution in [0.15, 0.2) is 83.8 Å². The van der Waals surface area contributed by atoms with Crippen molar-refractivity contribution in [1.29, 1.82) is 0 Å². The first-order valence-corrected chi connectivity index (χ1v) is 11.1. The maximum atomic E-state index is 12.7. The minimum Gasteiger partial charge on any atom is -0.324 e. The van der Waals surface area contributed by atoms with Gasteiger partial charge in [0.15, 0.2) is 0 Å². The summed E-state index contributed by atoms with van der Waals surface area (Å²) in [5.41, 5.74) is 1.05. The summed E-state index contributed by atoms with van der Waals surface area (Å²) in [4.78, 5) is 25.3. The lowest BCUT2D eigenvalue weighted by Crippen LogP contribution is -2.35. The van der Waals surface area contributed by atoms with Crippen LogP contribution in [0.2, 0.25) is 5.02 Å². The van der Waals surface area contributed by atoms with E-state index >= 15 is 0 Å². The fourth-order valence-electron chi connectivity index (χ4n) is 2.77. The van der Waals surface area contributed by atoms with Gasteiger partial charge in [0.1, 0.15) is 0 Å². The third-order valence-electron chi connectivity index (χ3n) is 4.37. The van der Waals surface area contributed by atoms with Crippen molar-refractivity contribution in [2.24, 2.45) is 0 Å². The highest BCUT2D eigenvalue weighted by Gasteiger charge is 2.23. The average Bonchev–Trinajstić information content (AvgIpc) is 2.76. The van der Waals surface area contributed by atoms with Crippen LogP contribution < -0.4 is 10.6 Å². The second kappa shape index (κ2) is 9.74. The number of benzene rings is 3. The molecule has 0 saturated carbocycles. The molecule has 0 radical (unpaired) electrons. The molecule has 7 nitrogen and oxygen atoms in total. The fraction of sp³-hybridized carbons (Fsp3) is 0.0909. The molecular weight excluding hydrogens is 438 g/mol. The summed E-state index contributed by atoms with van der Waals surface area (Å²) in [6.07, 6.45) is 0. The molecule has 3 rings (SSSR count). The molecule has 2 N–H and O–H groups in total. The Morgan fingerprint density at radius 2 is 1.48 bits per heavy atom. The van der Waals surface area contributed by atoms with Crippen LogP contribution in [-0.2, 0) is 14.8 Å². The Bertz CT molecular complexity index is 1180. The quantitative estimate of drug-likeness (QED) is 0.563. The SMILES string of the molecule is CN(CC(=O)Nc1ccccc1C(=O)Nc1ccc(Cl)cc1)S(=O)(=O)c1ccccc1. The first-order chi connectivity index (χ1) is 14.8. The third-order valence-corrected chi connectivity index (χ3v) is 6.44. The van der Waals surface area contributed by atoms with Crippen molar-refractivity contribution in [2.75, 3.05) is 24.2 Å². The first kappa shape index (κ1) is 22.5. The molecule has 160 valence electrons. The van der Waals surface area contributed by atoms with Crippen LogP contribution in [0.1, 0.15) is 10.4 Å². The number of likely N-dealkylation sites (N-methyl/N-ethyl adjacent to an activating group) is 1. The van der Waals surface area contributed by atoms with E-state index in [2.05, 4.69) is 10.6 Å². The number of carbonyl (C=O) groups excluding carboxylic acids is 2. The van der Waals surface area contributed by atoms with Crippen molar-refractivity contribution < 1.29 is 18.0 Å². The predicted octanol–water partition coefficient (Wildman–Crippen LogP) is 3.85. The molecule has 0 atom stereocenters. The van der Waals surface area contributed by atoms with Gasteiger partial charge in [0.2, 0.25) is 15.9 Å². The van der Waals surface area contributed by atoms with Crippen LogP contribution in [0.5, 0.6) is 0 Å². The van der Waals surface area contributed by atoms with Crippen molar-refractivity contribution in [3.05, 3.63) is 89.4 Å². The molecular formula is C22H20ClN3O4S. The summed E-state index contributed by atoms with van der Waals surface area (Å²) < 4.78 is 26.1. The summed E-state index contributed by atoms with van der Waals surface area (Å²) in [5.74, 6) is -1.00. The summed E-state index contributed by atoms with van der Waals surface area (Å²) in [6, 6.07) is 20.9. The van der Waals surface area contributed by atoms with Crippen LogP contribution in [0, 0.1) is 0 Å². The number of hydrogen-bond donors (Lipinski definition) is 2. The second-order valence-electron chi connectivity index (χ2n) is 6.63. The Kier molecular flexibility index (Phi) is 7.06. The first-order valence-electron chi connectivity index (χ1n) is 9.24. The number of sulfonamides is 1. The number of amides is 2. The highest BCUT2D eigenvalue weighted by molar-refractivity contribution is 7.89. The van der Waals surface area contributed by atoms with Gasteiger partial charge in [-0.1, -0.05) is 41.9 Å². The maximum Gasteiger partial charge on any atom is 0.257 e. The van der Waals surface area contributed by atoms with E-state index in [9.17, 15) is 18.0 Å². The summed E-state index contributed by atoms with van der Waals surface area (Å²) in [6.45, 7) is -0.412. The molecule has 0 fully saturated rings.